The SMILES string of the molecule is O=C(c1cn(C2CCCN(Cc3cc(Cl)ccc3O)C2)nn1)N1CCCCC1. The van der Waals surface area contributed by atoms with E-state index >= 15 is 0 Å². The first-order valence-electron chi connectivity index (χ1n) is 10.0. The second kappa shape index (κ2) is 8.49. The first-order valence-corrected chi connectivity index (χ1v) is 10.4. The summed E-state index contributed by atoms with van der Waals surface area (Å²) in [6.45, 7) is 4.01. The van der Waals surface area contributed by atoms with Crippen LogP contribution in [0.2, 0.25) is 5.02 Å². The Morgan fingerprint density at radius 3 is 2.82 bits per heavy atom. The van der Waals surface area contributed by atoms with Crippen molar-refractivity contribution < 1.29 is 9.90 Å². The first kappa shape index (κ1) is 19.2. The van der Waals surface area contributed by atoms with Gasteiger partial charge in [0.15, 0.2) is 5.69 Å². The maximum atomic E-state index is 12.6. The van der Waals surface area contributed by atoms with Crippen molar-refractivity contribution in [1.29, 1.82) is 0 Å². The number of aromatic hydroxyl groups is 1. The summed E-state index contributed by atoms with van der Waals surface area (Å²) in [6.07, 6.45) is 7.14. The molecule has 1 atom stereocenters. The van der Waals surface area contributed by atoms with Crippen molar-refractivity contribution >= 4 is 17.5 Å². The highest BCUT2D eigenvalue weighted by atomic mass is 35.5. The largest absolute Gasteiger partial charge is 0.508 e. The molecule has 28 heavy (non-hydrogen) atoms. The molecule has 2 aliphatic heterocycles. The van der Waals surface area contributed by atoms with Gasteiger partial charge in [-0.2, -0.15) is 0 Å². The molecule has 150 valence electrons. The van der Waals surface area contributed by atoms with Gasteiger partial charge < -0.3 is 10.0 Å². The fourth-order valence-electron chi connectivity index (χ4n) is 4.12. The molecule has 0 spiro atoms. The Kier molecular flexibility index (Phi) is 5.82. The molecule has 8 heteroatoms. The number of hydrogen-bond acceptors (Lipinski definition) is 5. The number of amides is 1. The Bertz CT molecular complexity index is 834. The molecule has 2 saturated heterocycles. The summed E-state index contributed by atoms with van der Waals surface area (Å²) in [6, 6.07) is 5.31. The van der Waals surface area contributed by atoms with Gasteiger partial charge in [0.25, 0.3) is 5.91 Å². The van der Waals surface area contributed by atoms with Gasteiger partial charge in [-0.15, -0.1) is 5.10 Å². The molecule has 2 aliphatic rings. The summed E-state index contributed by atoms with van der Waals surface area (Å²) < 4.78 is 1.83. The lowest BCUT2D eigenvalue weighted by molar-refractivity contribution is 0.0718. The van der Waals surface area contributed by atoms with E-state index in [1.165, 1.54) is 6.42 Å². The number of nitrogens with zero attached hydrogens (tertiary/aromatic N) is 5. The Labute approximate surface area is 169 Å². The summed E-state index contributed by atoms with van der Waals surface area (Å²) >= 11 is 6.07. The zero-order chi connectivity index (χ0) is 19.5. The lowest BCUT2D eigenvalue weighted by Gasteiger charge is -2.32. The predicted octanol–water partition coefficient (Wildman–Crippen LogP) is 3.10. The van der Waals surface area contributed by atoms with Crippen molar-refractivity contribution in [2.24, 2.45) is 0 Å². The van der Waals surface area contributed by atoms with Crippen LogP contribution in [-0.2, 0) is 6.54 Å². The number of piperidine rings is 2. The number of hydrogen-bond donors (Lipinski definition) is 1. The van der Waals surface area contributed by atoms with Crippen LogP contribution in [0.15, 0.2) is 24.4 Å². The maximum Gasteiger partial charge on any atom is 0.276 e. The fraction of sp³-hybridized carbons (Fsp3) is 0.550. The van der Waals surface area contributed by atoms with Crippen molar-refractivity contribution in [3.8, 4) is 5.75 Å². The number of carbonyl (C=O) groups excluding carboxylic acids is 1. The number of phenols is 1. The minimum absolute atomic E-state index is 0.0116. The van der Waals surface area contributed by atoms with Crippen LogP contribution in [-0.4, -0.2) is 62.0 Å². The Morgan fingerprint density at radius 1 is 1.18 bits per heavy atom. The summed E-state index contributed by atoms with van der Waals surface area (Å²) in [5, 5.41) is 19.1. The van der Waals surface area contributed by atoms with E-state index in [0.29, 0.717) is 17.3 Å². The van der Waals surface area contributed by atoms with Crippen molar-refractivity contribution in [2.45, 2.75) is 44.7 Å². The molecule has 1 amide bonds. The predicted molar refractivity (Wildman–Crippen MR) is 106 cm³/mol. The molecule has 1 unspecified atom stereocenters. The molecule has 2 fully saturated rings. The van der Waals surface area contributed by atoms with Gasteiger partial charge >= 0.3 is 0 Å². The van der Waals surface area contributed by atoms with E-state index < -0.39 is 0 Å². The van der Waals surface area contributed by atoms with E-state index in [-0.39, 0.29) is 17.7 Å². The number of halogens is 1. The average Bonchev–Trinajstić information content (AvgIpc) is 3.21. The summed E-state index contributed by atoms with van der Waals surface area (Å²) in [5.74, 6) is 0.254. The van der Waals surface area contributed by atoms with Gasteiger partial charge in [-0.1, -0.05) is 16.8 Å². The molecule has 0 bridgehead atoms. The molecule has 0 radical (unpaired) electrons. The number of aromatic nitrogens is 3. The van der Waals surface area contributed by atoms with Crippen LogP contribution in [0.3, 0.4) is 0 Å². The minimum Gasteiger partial charge on any atom is -0.508 e. The van der Waals surface area contributed by atoms with Gasteiger partial charge in [-0.05, 0) is 56.8 Å². The van der Waals surface area contributed by atoms with Gasteiger partial charge in [0.2, 0.25) is 0 Å². The van der Waals surface area contributed by atoms with E-state index in [4.69, 9.17) is 11.6 Å². The van der Waals surface area contributed by atoms with Gasteiger partial charge in [-0.25, -0.2) is 4.68 Å². The van der Waals surface area contributed by atoms with Gasteiger partial charge in [0, 0.05) is 36.8 Å². The van der Waals surface area contributed by atoms with E-state index in [1.54, 1.807) is 18.3 Å². The molecule has 4 rings (SSSR count). The van der Waals surface area contributed by atoms with Crippen LogP contribution in [0, 0.1) is 0 Å². The van der Waals surface area contributed by atoms with Gasteiger partial charge in [-0.3, -0.25) is 9.69 Å². The normalized spacial score (nSPS) is 21.0. The van der Waals surface area contributed by atoms with Gasteiger partial charge in [0.1, 0.15) is 5.75 Å². The average molecular weight is 404 g/mol. The smallest absolute Gasteiger partial charge is 0.276 e. The first-order chi connectivity index (χ1) is 13.6. The summed E-state index contributed by atoms with van der Waals surface area (Å²) in [5.41, 5.74) is 1.26. The molecule has 2 aromatic rings. The maximum absolute atomic E-state index is 12.6. The highest BCUT2D eigenvalue weighted by Gasteiger charge is 2.26. The van der Waals surface area contributed by atoms with E-state index in [2.05, 4.69) is 15.2 Å². The molecule has 7 nitrogen and oxygen atoms in total. The quantitative estimate of drug-likeness (QED) is 0.849. The topological polar surface area (TPSA) is 74.5 Å². The molecule has 0 aliphatic carbocycles. The van der Waals surface area contributed by atoms with Crippen molar-refractivity contribution in [2.75, 3.05) is 26.2 Å². The second-order valence-corrected chi connectivity index (χ2v) is 8.18. The highest BCUT2D eigenvalue weighted by Crippen LogP contribution is 2.27. The lowest BCUT2D eigenvalue weighted by Crippen LogP contribution is -2.36. The van der Waals surface area contributed by atoms with Crippen molar-refractivity contribution in [3.05, 3.63) is 40.7 Å². The number of likely N-dealkylation sites (tertiary alicyclic amines) is 2. The second-order valence-electron chi connectivity index (χ2n) is 7.74. The third-order valence-electron chi connectivity index (χ3n) is 5.66. The third kappa shape index (κ3) is 4.31. The zero-order valence-corrected chi connectivity index (χ0v) is 16.7. The number of carbonyl (C=O) groups is 1. The number of phenolic OH excluding ortho intramolecular Hbond substituents is 1. The third-order valence-corrected chi connectivity index (χ3v) is 5.90. The van der Waals surface area contributed by atoms with E-state index in [0.717, 1.165) is 57.4 Å². The Hall–Kier alpha value is -2.12. The highest BCUT2D eigenvalue weighted by molar-refractivity contribution is 6.30. The monoisotopic (exact) mass is 403 g/mol. The molecule has 1 aromatic heterocycles. The van der Waals surface area contributed by atoms with Crippen molar-refractivity contribution in [3.63, 3.8) is 0 Å². The van der Waals surface area contributed by atoms with Crippen LogP contribution < -0.4 is 0 Å². The fourth-order valence-corrected chi connectivity index (χ4v) is 4.32. The number of benzene rings is 1. The van der Waals surface area contributed by atoms with Crippen LogP contribution in [0.4, 0.5) is 0 Å². The lowest BCUT2D eigenvalue weighted by atomic mass is 10.0. The Balaban J connectivity index is 1.41. The zero-order valence-electron chi connectivity index (χ0n) is 15.9. The molecule has 1 aromatic carbocycles. The number of rotatable bonds is 4. The molecule has 3 heterocycles. The van der Waals surface area contributed by atoms with Crippen LogP contribution in [0.25, 0.3) is 0 Å². The molecular formula is C20H26ClN5O2. The Morgan fingerprint density at radius 2 is 2.00 bits per heavy atom. The van der Waals surface area contributed by atoms with Crippen LogP contribution >= 0.6 is 11.6 Å². The standard InChI is InChI=1S/C20H26ClN5O2/c21-16-6-7-19(27)15(11-16)12-24-8-4-5-17(13-24)26-14-18(22-23-26)20(28)25-9-2-1-3-10-25/h6-7,11,14,17,27H,1-5,8-10,12-13H2. The van der Waals surface area contributed by atoms with Crippen LogP contribution in [0.1, 0.15) is 54.2 Å². The molecular weight excluding hydrogens is 378 g/mol. The van der Waals surface area contributed by atoms with E-state index in [9.17, 15) is 9.90 Å². The summed E-state index contributed by atoms with van der Waals surface area (Å²) in [7, 11) is 0. The van der Waals surface area contributed by atoms with E-state index in [1.807, 2.05) is 15.6 Å². The summed E-state index contributed by atoms with van der Waals surface area (Å²) in [4.78, 5) is 16.8. The minimum atomic E-state index is -0.0116. The van der Waals surface area contributed by atoms with Crippen LogP contribution in [0.5, 0.6) is 5.75 Å². The van der Waals surface area contributed by atoms with Crippen molar-refractivity contribution in [1.82, 2.24) is 24.8 Å². The van der Waals surface area contributed by atoms with Gasteiger partial charge in [0.05, 0.1) is 12.2 Å². The molecule has 0 saturated carbocycles. The molecule has 1 N–H and O–H groups in total.